The van der Waals surface area contributed by atoms with Gasteiger partial charge < -0.3 is 9.16 Å². The summed E-state index contributed by atoms with van der Waals surface area (Å²) < 4.78 is 11.7. The quantitative estimate of drug-likeness (QED) is 0.351. The van der Waals surface area contributed by atoms with Crippen molar-refractivity contribution in [3.8, 4) is 0 Å². The highest BCUT2D eigenvalue weighted by molar-refractivity contribution is 6.74. The fourth-order valence-electron chi connectivity index (χ4n) is 1.89. The molecule has 0 radical (unpaired) electrons. The van der Waals surface area contributed by atoms with Crippen LogP contribution in [0.1, 0.15) is 41.5 Å². The number of likely N-dealkylation sites (N-methyl/N-ethyl adjacent to an activating group) is 1. The second-order valence-corrected chi connectivity index (χ2v) is 13.8. The monoisotopic (exact) mass is 402 g/mol. The third kappa shape index (κ3) is 8.02. The van der Waals surface area contributed by atoms with Gasteiger partial charge in [0.25, 0.3) is 5.91 Å². The third-order valence-electron chi connectivity index (χ3n) is 4.61. The summed E-state index contributed by atoms with van der Waals surface area (Å²) in [6, 6.07) is -0.878. The summed E-state index contributed by atoms with van der Waals surface area (Å²) in [5.41, 5.74) is -0.683. The number of hydroxylamine groups is 2. The lowest BCUT2D eigenvalue weighted by Crippen LogP contribution is -2.55. The van der Waals surface area contributed by atoms with Gasteiger partial charge in [0.2, 0.25) is 0 Å². The minimum absolute atomic E-state index is 0.0249. The number of hydrogen-bond donors (Lipinski definition) is 0. The van der Waals surface area contributed by atoms with Crippen molar-refractivity contribution in [2.24, 2.45) is 0 Å². The molecule has 0 aromatic heterocycles. The van der Waals surface area contributed by atoms with Crippen LogP contribution in [0, 0.1) is 0 Å². The van der Waals surface area contributed by atoms with Crippen LogP contribution in [-0.4, -0.2) is 69.2 Å². The van der Waals surface area contributed by atoms with Gasteiger partial charge in [0.15, 0.2) is 8.32 Å². The Morgan fingerprint density at radius 2 is 1.67 bits per heavy atom. The van der Waals surface area contributed by atoms with Crippen LogP contribution in [0.4, 0.5) is 4.79 Å². The first-order valence-electron chi connectivity index (χ1n) is 9.13. The zero-order valence-corrected chi connectivity index (χ0v) is 19.7. The standard InChI is InChI=1S/C19H38N2O5Si/c1-12-13-21(17(23)26-18(2,3)4)15(16(22)20(8)24-9)14-25-27(10,11)19(5,6)7/h12,15H,1,13-14H2,2-11H3. The highest BCUT2D eigenvalue weighted by Crippen LogP contribution is 2.36. The zero-order valence-electron chi connectivity index (χ0n) is 18.7. The van der Waals surface area contributed by atoms with Gasteiger partial charge in [-0.15, -0.1) is 6.58 Å². The Kier molecular flexibility index (Phi) is 9.21. The molecule has 0 rings (SSSR count). The van der Waals surface area contributed by atoms with Gasteiger partial charge in [-0.05, 0) is 38.9 Å². The van der Waals surface area contributed by atoms with Gasteiger partial charge in [0.05, 0.1) is 13.7 Å². The van der Waals surface area contributed by atoms with Crippen molar-refractivity contribution in [2.75, 3.05) is 27.3 Å². The van der Waals surface area contributed by atoms with E-state index in [9.17, 15) is 9.59 Å². The Labute approximate surface area is 165 Å². The number of carbonyl (C=O) groups is 2. The van der Waals surface area contributed by atoms with Crippen molar-refractivity contribution in [3.05, 3.63) is 12.7 Å². The molecule has 2 amide bonds. The van der Waals surface area contributed by atoms with Crippen LogP contribution in [0.15, 0.2) is 12.7 Å². The van der Waals surface area contributed by atoms with Crippen LogP contribution in [0.2, 0.25) is 18.1 Å². The van der Waals surface area contributed by atoms with Gasteiger partial charge in [-0.3, -0.25) is 14.5 Å². The molecule has 7 nitrogen and oxygen atoms in total. The summed E-state index contributed by atoms with van der Waals surface area (Å²) >= 11 is 0. The molecule has 0 aliphatic carbocycles. The van der Waals surface area contributed by atoms with Crippen LogP contribution in [0.3, 0.4) is 0 Å². The molecule has 0 bridgehead atoms. The fraction of sp³-hybridized carbons (Fsp3) is 0.789. The lowest BCUT2D eigenvalue weighted by Gasteiger charge is -2.39. The first kappa shape index (κ1) is 25.6. The van der Waals surface area contributed by atoms with Crippen molar-refractivity contribution in [1.29, 1.82) is 0 Å². The number of hydrogen-bond acceptors (Lipinski definition) is 5. The number of ether oxygens (including phenoxy) is 1. The smallest absolute Gasteiger partial charge is 0.411 e. The summed E-state index contributed by atoms with van der Waals surface area (Å²) in [5.74, 6) is -0.385. The molecule has 158 valence electrons. The van der Waals surface area contributed by atoms with E-state index in [1.54, 1.807) is 26.8 Å². The van der Waals surface area contributed by atoms with E-state index >= 15 is 0 Å². The van der Waals surface area contributed by atoms with E-state index in [1.165, 1.54) is 19.1 Å². The van der Waals surface area contributed by atoms with E-state index in [0.29, 0.717) is 0 Å². The summed E-state index contributed by atoms with van der Waals surface area (Å²) in [6.45, 7) is 19.8. The number of carbonyl (C=O) groups excluding carboxylic acids is 2. The van der Waals surface area contributed by atoms with Crippen LogP contribution >= 0.6 is 0 Å². The van der Waals surface area contributed by atoms with Crippen LogP contribution in [0.25, 0.3) is 0 Å². The van der Waals surface area contributed by atoms with Crippen LogP contribution < -0.4 is 0 Å². The van der Waals surface area contributed by atoms with Gasteiger partial charge >= 0.3 is 6.09 Å². The second kappa shape index (κ2) is 9.70. The maximum atomic E-state index is 12.9. The van der Waals surface area contributed by atoms with Gasteiger partial charge in [-0.25, -0.2) is 9.86 Å². The van der Waals surface area contributed by atoms with Crippen molar-refractivity contribution in [1.82, 2.24) is 9.96 Å². The summed E-state index contributed by atoms with van der Waals surface area (Å²) in [5, 5.41) is 1.07. The summed E-state index contributed by atoms with van der Waals surface area (Å²) in [4.78, 5) is 32.0. The summed E-state index contributed by atoms with van der Waals surface area (Å²) in [7, 11) is 0.776. The molecule has 0 saturated heterocycles. The molecule has 0 saturated carbocycles. The molecule has 0 fully saturated rings. The fourth-order valence-corrected chi connectivity index (χ4v) is 2.89. The zero-order chi connectivity index (χ0) is 21.6. The molecule has 0 aromatic carbocycles. The highest BCUT2D eigenvalue weighted by Gasteiger charge is 2.41. The van der Waals surface area contributed by atoms with E-state index in [-0.39, 0.29) is 24.1 Å². The largest absolute Gasteiger partial charge is 0.444 e. The average molecular weight is 403 g/mol. The maximum Gasteiger partial charge on any atom is 0.411 e. The minimum Gasteiger partial charge on any atom is -0.444 e. The van der Waals surface area contributed by atoms with E-state index < -0.39 is 26.1 Å². The second-order valence-electron chi connectivity index (χ2n) is 9.03. The van der Waals surface area contributed by atoms with Crippen molar-refractivity contribution < 1.29 is 23.6 Å². The topological polar surface area (TPSA) is 68.3 Å². The predicted octanol–water partition coefficient (Wildman–Crippen LogP) is 3.82. The molecular formula is C19H38N2O5Si. The van der Waals surface area contributed by atoms with Gasteiger partial charge in [-0.2, -0.15) is 0 Å². The van der Waals surface area contributed by atoms with E-state index in [0.717, 1.165) is 5.06 Å². The minimum atomic E-state index is -2.13. The van der Waals surface area contributed by atoms with E-state index in [2.05, 4.69) is 40.4 Å². The number of amides is 2. The van der Waals surface area contributed by atoms with Gasteiger partial charge in [-0.1, -0.05) is 26.8 Å². The Hall–Kier alpha value is -1.38. The van der Waals surface area contributed by atoms with E-state index in [1.807, 2.05) is 0 Å². The Morgan fingerprint density at radius 1 is 1.15 bits per heavy atom. The molecule has 0 heterocycles. The summed E-state index contributed by atoms with van der Waals surface area (Å²) in [6.07, 6.45) is 0.965. The maximum absolute atomic E-state index is 12.9. The van der Waals surface area contributed by atoms with Crippen LogP contribution in [0.5, 0.6) is 0 Å². The molecular weight excluding hydrogens is 364 g/mol. The predicted molar refractivity (Wildman–Crippen MR) is 110 cm³/mol. The first-order valence-corrected chi connectivity index (χ1v) is 12.0. The number of nitrogens with zero attached hydrogens (tertiary/aromatic N) is 2. The molecule has 0 aromatic rings. The van der Waals surface area contributed by atoms with Crippen molar-refractivity contribution in [3.63, 3.8) is 0 Å². The Morgan fingerprint density at radius 3 is 2.04 bits per heavy atom. The van der Waals surface area contributed by atoms with Crippen molar-refractivity contribution >= 4 is 20.3 Å². The number of rotatable bonds is 8. The molecule has 1 atom stereocenters. The molecule has 1 unspecified atom stereocenters. The lowest BCUT2D eigenvalue weighted by atomic mass is 10.2. The molecule has 0 aliphatic rings. The molecule has 0 spiro atoms. The molecule has 0 aliphatic heterocycles. The SMILES string of the molecule is C=CCN(C(=O)OC(C)(C)C)C(CO[Si](C)(C)C(C)(C)C)C(=O)N(C)OC. The third-order valence-corrected chi connectivity index (χ3v) is 9.11. The normalized spacial score (nSPS) is 13.7. The van der Waals surface area contributed by atoms with Gasteiger partial charge in [0.1, 0.15) is 11.6 Å². The Balaban J connectivity index is 5.74. The Bertz CT molecular complexity index is 523. The average Bonchev–Trinajstić information content (AvgIpc) is 2.49. The lowest BCUT2D eigenvalue weighted by molar-refractivity contribution is -0.175. The van der Waals surface area contributed by atoms with Crippen LogP contribution in [-0.2, 0) is 18.8 Å². The van der Waals surface area contributed by atoms with Crippen molar-refractivity contribution in [2.45, 2.75) is 71.3 Å². The first-order chi connectivity index (χ1) is 12.1. The van der Waals surface area contributed by atoms with E-state index in [4.69, 9.17) is 14.0 Å². The molecule has 8 heteroatoms. The van der Waals surface area contributed by atoms with Gasteiger partial charge in [0, 0.05) is 13.6 Å². The molecule has 0 N–H and O–H groups in total. The highest BCUT2D eigenvalue weighted by atomic mass is 28.4. The molecule has 27 heavy (non-hydrogen) atoms.